The second kappa shape index (κ2) is 7.48. The molecule has 0 saturated heterocycles. The Kier molecular flexibility index (Phi) is 5.11. The zero-order chi connectivity index (χ0) is 19.4. The highest BCUT2D eigenvalue weighted by Gasteiger charge is 2.31. The Hall–Kier alpha value is -3.36. The molecule has 140 valence electrons. The molecular formula is C18H13F3N2O4. The molecule has 0 atom stereocenters. The Bertz CT molecular complexity index is 919. The van der Waals surface area contributed by atoms with Crippen molar-refractivity contribution in [2.24, 2.45) is 0 Å². The number of aromatic nitrogens is 2. The molecule has 0 radical (unpaired) electrons. The Labute approximate surface area is 151 Å². The van der Waals surface area contributed by atoms with Crippen molar-refractivity contribution in [2.75, 3.05) is 0 Å². The number of ether oxygens (including phenoxy) is 2. The third-order valence-corrected chi connectivity index (χ3v) is 3.43. The highest BCUT2D eigenvalue weighted by atomic mass is 19.4. The molecule has 1 heterocycles. The lowest BCUT2D eigenvalue weighted by Crippen LogP contribution is -2.16. The van der Waals surface area contributed by atoms with E-state index in [0.717, 1.165) is 17.7 Å². The average Bonchev–Trinajstić information content (AvgIpc) is 3.08. The Morgan fingerprint density at radius 3 is 2.37 bits per heavy atom. The van der Waals surface area contributed by atoms with Crippen LogP contribution in [0.2, 0.25) is 0 Å². The Morgan fingerprint density at radius 1 is 1.07 bits per heavy atom. The third kappa shape index (κ3) is 5.06. The van der Waals surface area contributed by atoms with E-state index in [9.17, 15) is 18.0 Å². The summed E-state index contributed by atoms with van der Waals surface area (Å²) < 4.78 is 50.3. The van der Waals surface area contributed by atoms with Crippen LogP contribution in [-0.4, -0.2) is 22.5 Å². The van der Waals surface area contributed by atoms with Crippen molar-refractivity contribution in [1.82, 2.24) is 10.1 Å². The van der Waals surface area contributed by atoms with Gasteiger partial charge in [0.05, 0.1) is 5.56 Å². The maximum absolute atomic E-state index is 12.2. The van der Waals surface area contributed by atoms with Crippen LogP contribution < -0.4 is 4.74 Å². The van der Waals surface area contributed by atoms with Crippen LogP contribution in [-0.2, 0) is 11.3 Å². The molecule has 0 aliphatic carbocycles. The number of benzene rings is 2. The van der Waals surface area contributed by atoms with Gasteiger partial charge < -0.3 is 14.0 Å². The van der Waals surface area contributed by atoms with Gasteiger partial charge in [0.2, 0.25) is 5.82 Å². The van der Waals surface area contributed by atoms with Crippen LogP contribution in [0, 0.1) is 6.92 Å². The molecule has 0 amide bonds. The number of hydrogen-bond donors (Lipinski definition) is 0. The molecule has 0 bridgehead atoms. The fourth-order valence-electron chi connectivity index (χ4n) is 2.14. The molecule has 0 aliphatic rings. The van der Waals surface area contributed by atoms with Crippen molar-refractivity contribution in [3.63, 3.8) is 0 Å². The van der Waals surface area contributed by atoms with E-state index in [4.69, 9.17) is 9.26 Å². The summed E-state index contributed by atoms with van der Waals surface area (Å²) in [5, 5.41) is 3.71. The van der Waals surface area contributed by atoms with Crippen LogP contribution in [0.1, 0.15) is 21.8 Å². The van der Waals surface area contributed by atoms with Crippen LogP contribution in [0.5, 0.6) is 5.75 Å². The highest BCUT2D eigenvalue weighted by Crippen LogP contribution is 2.25. The summed E-state index contributed by atoms with van der Waals surface area (Å²) in [4.78, 5) is 16.0. The van der Waals surface area contributed by atoms with Gasteiger partial charge in [-0.1, -0.05) is 22.9 Å². The fourth-order valence-corrected chi connectivity index (χ4v) is 2.14. The average molecular weight is 378 g/mol. The topological polar surface area (TPSA) is 74.5 Å². The number of carbonyl (C=O) groups excluding carboxylic acids is 1. The summed E-state index contributed by atoms with van der Waals surface area (Å²) in [7, 11) is 0. The van der Waals surface area contributed by atoms with Crippen LogP contribution in [0.25, 0.3) is 11.4 Å². The number of nitrogens with zero attached hydrogens (tertiary/aromatic N) is 2. The lowest BCUT2D eigenvalue weighted by atomic mass is 10.1. The predicted molar refractivity (Wildman–Crippen MR) is 86.7 cm³/mol. The zero-order valence-corrected chi connectivity index (χ0v) is 14.0. The first-order valence-electron chi connectivity index (χ1n) is 7.73. The minimum absolute atomic E-state index is 0.0566. The molecule has 0 spiro atoms. The summed E-state index contributed by atoms with van der Waals surface area (Å²) in [6, 6.07) is 11.8. The molecule has 0 aliphatic heterocycles. The molecule has 0 saturated carbocycles. The van der Waals surface area contributed by atoms with Crippen molar-refractivity contribution in [2.45, 2.75) is 19.9 Å². The van der Waals surface area contributed by atoms with E-state index in [-0.39, 0.29) is 24.1 Å². The van der Waals surface area contributed by atoms with Gasteiger partial charge in [0.25, 0.3) is 5.89 Å². The van der Waals surface area contributed by atoms with Crippen molar-refractivity contribution in [3.05, 3.63) is 65.5 Å². The van der Waals surface area contributed by atoms with Gasteiger partial charge in [-0.2, -0.15) is 4.98 Å². The molecule has 6 nitrogen and oxygen atoms in total. The lowest BCUT2D eigenvalue weighted by Gasteiger charge is -2.08. The SMILES string of the molecule is Cc1ccc(C(=O)OCc2nc(-c3ccc(OC(F)(F)F)cc3)no2)cc1. The van der Waals surface area contributed by atoms with Crippen molar-refractivity contribution < 1.29 is 32.0 Å². The van der Waals surface area contributed by atoms with Gasteiger partial charge in [-0.3, -0.25) is 0 Å². The monoisotopic (exact) mass is 378 g/mol. The summed E-state index contributed by atoms with van der Waals surface area (Å²) in [5.74, 6) is -0.693. The van der Waals surface area contributed by atoms with Crippen molar-refractivity contribution in [3.8, 4) is 17.1 Å². The normalized spacial score (nSPS) is 11.3. The molecule has 27 heavy (non-hydrogen) atoms. The predicted octanol–water partition coefficient (Wildman–Crippen LogP) is 4.30. The van der Waals surface area contributed by atoms with Gasteiger partial charge in [0.15, 0.2) is 6.61 Å². The molecule has 0 unspecified atom stereocenters. The maximum Gasteiger partial charge on any atom is 0.573 e. The van der Waals surface area contributed by atoms with E-state index in [1.165, 1.54) is 12.1 Å². The number of carbonyl (C=O) groups is 1. The van der Waals surface area contributed by atoms with E-state index in [1.54, 1.807) is 24.3 Å². The van der Waals surface area contributed by atoms with Crippen LogP contribution >= 0.6 is 0 Å². The zero-order valence-electron chi connectivity index (χ0n) is 14.0. The number of hydrogen-bond acceptors (Lipinski definition) is 6. The smallest absolute Gasteiger partial charge is 0.452 e. The second-order valence-electron chi connectivity index (χ2n) is 5.53. The van der Waals surface area contributed by atoms with Gasteiger partial charge in [-0.15, -0.1) is 13.2 Å². The van der Waals surface area contributed by atoms with Gasteiger partial charge in [-0.25, -0.2) is 4.79 Å². The number of rotatable bonds is 5. The molecule has 9 heteroatoms. The minimum Gasteiger partial charge on any atom is -0.452 e. The first-order valence-corrected chi connectivity index (χ1v) is 7.73. The molecule has 2 aromatic carbocycles. The van der Waals surface area contributed by atoms with Gasteiger partial charge in [0.1, 0.15) is 5.75 Å². The summed E-state index contributed by atoms with van der Waals surface area (Å²) in [5.41, 5.74) is 1.82. The van der Waals surface area contributed by atoms with Crippen LogP contribution in [0.15, 0.2) is 53.1 Å². The standard InChI is InChI=1S/C18H13F3N2O4/c1-11-2-4-13(5-3-11)17(24)25-10-15-22-16(23-27-15)12-6-8-14(9-7-12)26-18(19,20)21/h2-9H,10H2,1H3. The first-order chi connectivity index (χ1) is 12.8. The van der Waals surface area contributed by atoms with E-state index in [1.807, 2.05) is 6.92 Å². The first kappa shape index (κ1) is 18.4. The largest absolute Gasteiger partial charge is 0.573 e. The van der Waals surface area contributed by atoms with Gasteiger partial charge in [-0.05, 0) is 43.3 Å². The molecular weight excluding hydrogens is 365 g/mol. The van der Waals surface area contributed by atoms with E-state index in [2.05, 4.69) is 14.9 Å². The molecule has 3 aromatic rings. The van der Waals surface area contributed by atoms with E-state index < -0.39 is 12.3 Å². The quantitative estimate of drug-likeness (QED) is 0.616. The van der Waals surface area contributed by atoms with Gasteiger partial charge in [0, 0.05) is 5.56 Å². The maximum atomic E-state index is 12.2. The van der Waals surface area contributed by atoms with Gasteiger partial charge >= 0.3 is 12.3 Å². The van der Waals surface area contributed by atoms with Crippen LogP contribution in [0.4, 0.5) is 13.2 Å². The number of aryl methyl sites for hydroxylation is 1. The fraction of sp³-hybridized carbons (Fsp3) is 0.167. The molecule has 3 rings (SSSR count). The molecule has 0 N–H and O–H groups in total. The second-order valence-corrected chi connectivity index (χ2v) is 5.53. The Balaban J connectivity index is 1.61. The lowest BCUT2D eigenvalue weighted by molar-refractivity contribution is -0.274. The molecule has 0 fully saturated rings. The highest BCUT2D eigenvalue weighted by molar-refractivity contribution is 5.89. The minimum atomic E-state index is -4.76. The number of alkyl halides is 3. The molecule has 1 aromatic heterocycles. The summed E-state index contributed by atoms with van der Waals surface area (Å²) in [6.45, 7) is 1.67. The summed E-state index contributed by atoms with van der Waals surface area (Å²) in [6.07, 6.45) is -4.76. The number of halogens is 3. The Morgan fingerprint density at radius 2 is 1.74 bits per heavy atom. The third-order valence-electron chi connectivity index (χ3n) is 3.43. The van der Waals surface area contributed by atoms with Crippen molar-refractivity contribution >= 4 is 5.97 Å². The summed E-state index contributed by atoms with van der Waals surface area (Å²) >= 11 is 0. The number of esters is 1. The van der Waals surface area contributed by atoms with E-state index in [0.29, 0.717) is 11.1 Å². The van der Waals surface area contributed by atoms with Crippen molar-refractivity contribution in [1.29, 1.82) is 0 Å². The van der Waals surface area contributed by atoms with E-state index >= 15 is 0 Å². The van der Waals surface area contributed by atoms with Crippen LogP contribution in [0.3, 0.4) is 0 Å².